The van der Waals surface area contributed by atoms with Crippen LogP contribution in [0.15, 0.2) is 18.2 Å². The van der Waals surface area contributed by atoms with Gasteiger partial charge >= 0.3 is 6.03 Å². The first-order chi connectivity index (χ1) is 14.7. The summed E-state index contributed by atoms with van der Waals surface area (Å²) in [5.41, 5.74) is 0.669. The number of nitrogens with zero attached hydrogens (tertiary/aromatic N) is 2. The second kappa shape index (κ2) is 9.95. The molecule has 1 saturated heterocycles. The summed E-state index contributed by atoms with van der Waals surface area (Å²) in [7, 11) is -1.99. The second-order valence-electron chi connectivity index (χ2n) is 8.29. The molecule has 1 aromatic carbocycles. The molecule has 172 valence electrons. The fraction of sp³-hybridized carbons (Fsp3) is 0.619. The van der Waals surface area contributed by atoms with Crippen LogP contribution < -0.4 is 10.1 Å². The average Bonchev–Trinajstić information content (AvgIpc) is 3.49. The van der Waals surface area contributed by atoms with Gasteiger partial charge in [-0.05, 0) is 56.2 Å². The number of urea groups is 1. The van der Waals surface area contributed by atoms with E-state index >= 15 is 0 Å². The molecular weight excluding hydrogens is 425 g/mol. The maximum Gasteiger partial charge on any atom is 0.324 e. The third-order valence-electron chi connectivity index (χ3n) is 5.79. The molecule has 0 bridgehead atoms. The van der Waals surface area contributed by atoms with Crippen LogP contribution in [0.2, 0.25) is 0 Å². The number of amides is 3. The van der Waals surface area contributed by atoms with Gasteiger partial charge in [0.2, 0.25) is 15.9 Å². The number of nitrogens with one attached hydrogen (secondary N) is 1. The minimum Gasteiger partial charge on any atom is -0.490 e. The van der Waals surface area contributed by atoms with Crippen LogP contribution >= 0.6 is 0 Å². The van der Waals surface area contributed by atoms with E-state index in [0.717, 1.165) is 12.8 Å². The van der Waals surface area contributed by atoms with Crippen LogP contribution in [0.3, 0.4) is 0 Å². The first-order valence-electron chi connectivity index (χ1n) is 10.6. The summed E-state index contributed by atoms with van der Waals surface area (Å²) in [4.78, 5) is 24.1. The van der Waals surface area contributed by atoms with Crippen LogP contribution in [0.25, 0.3) is 0 Å². The predicted octanol–water partition coefficient (Wildman–Crippen LogP) is 2.66. The van der Waals surface area contributed by atoms with Crippen LogP contribution in [-0.2, 0) is 14.8 Å². The lowest BCUT2D eigenvalue weighted by Crippen LogP contribution is -2.32. The summed E-state index contributed by atoms with van der Waals surface area (Å²) in [6, 6.07) is 3.61. The van der Waals surface area contributed by atoms with Crippen molar-refractivity contribution < 1.29 is 27.1 Å². The van der Waals surface area contributed by atoms with Gasteiger partial charge in [0.05, 0.1) is 12.4 Å². The van der Waals surface area contributed by atoms with Gasteiger partial charge in [-0.15, -0.1) is 0 Å². The van der Waals surface area contributed by atoms with Gasteiger partial charge in [-0.3, -0.25) is 10.1 Å². The summed E-state index contributed by atoms with van der Waals surface area (Å²) in [5, 5.41) is 2.21. The van der Waals surface area contributed by atoms with E-state index in [0.29, 0.717) is 43.9 Å². The van der Waals surface area contributed by atoms with E-state index in [1.54, 1.807) is 19.1 Å². The first kappa shape index (κ1) is 23.5. The van der Waals surface area contributed by atoms with Crippen LogP contribution in [0.4, 0.5) is 9.18 Å². The number of sulfonamides is 1. The van der Waals surface area contributed by atoms with Gasteiger partial charge in [-0.25, -0.2) is 17.6 Å². The van der Waals surface area contributed by atoms with Crippen molar-refractivity contribution in [2.45, 2.75) is 45.1 Å². The molecule has 2 aliphatic rings. The number of halogens is 1. The van der Waals surface area contributed by atoms with Gasteiger partial charge in [-0.1, -0.05) is 12.5 Å². The molecular formula is C21H30FN3O5S. The number of hydrogen-bond donors (Lipinski definition) is 1. The highest BCUT2D eigenvalue weighted by molar-refractivity contribution is 7.89. The lowest BCUT2D eigenvalue weighted by molar-refractivity contribution is -0.118. The Morgan fingerprint density at radius 2 is 2.00 bits per heavy atom. The SMILES string of the molecule is CC(c1ccc(F)c(OCC2CC2)c1)N(C)S(=O)(=O)CCCCCN1CC(=O)NC1=O. The Hall–Kier alpha value is -2.20. The van der Waals surface area contributed by atoms with Crippen molar-refractivity contribution >= 4 is 22.0 Å². The van der Waals surface area contributed by atoms with Crippen molar-refractivity contribution in [1.29, 1.82) is 0 Å². The van der Waals surface area contributed by atoms with Gasteiger partial charge in [0, 0.05) is 19.6 Å². The number of unbranched alkanes of at least 4 members (excludes halogenated alkanes) is 2. The molecule has 0 spiro atoms. The minimum atomic E-state index is -3.51. The van der Waals surface area contributed by atoms with Gasteiger partial charge in [0.1, 0.15) is 6.54 Å². The largest absolute Gasteiger partial charge is 0.490 e. The van der Waals surface area contributed by atoms with E-state index in [1.807, 2.05) is 0 Å². The Kier molecular flexibility index (Phi) is 7.53. The maximum atomic E-state index is 14.0. The molecule has 1 unspecified atom stereocenters. The van der Waals surface area contributed by atoms with Crippen molar-refractivity contribution in [3.05, 3.63) is 29.6 Å². The van der Waals surface area contributed by atoms with Crippen molar-refractivity contribution in [2.24, 2.45) is 5.92 Å². The van der Waals surface area contributed by atoms with E-state index < -0.39 is 27.9 Å². The fourth-order valence-electron chi connectivity index (χ4n) is 3.40. The standard InChI is InChI=1S/C21H30FN3O5S/c1-15(17-8-9-18(22)19(12-17)30-14-16-6-7-16)24(2)31(28,29)11-5-3-4-10-25-13-20(26)23-21(25)27/h8-9,12,15-16H,3-7,10-11,13-14H2,1-2H3,(H,23,26,27). The molecule has 1 aromatic rings. The Labute approximate surface area is 182 Å². The van der Waals surface area contributed by atoms with E-state index in [9.17, 15) is 22.4 Å². The van der Waals surface area contributed by atoms with Crippen molar-refractivity contribution in [1.82, 2.24) is 14.5 Å². The first-order valence-corrected chi connectivity index (χ1v) is 12.2. The summed E-state index contributed by atoms with van der Waals surface area (Å²) >= 11 is 0. The molecule has 1 aliphatic carbocycles. The molecule has 3 amide bonds. The maximum absolute atomic E-state index is 14.0. The number of hydrogen-bond acceptors (Lipinski definition) is 5. The number of carbonyl (C=O) groups excluding carboxylic acids is 2. The summed E-state index contributed by atoms with van der Waals surface area (Å²) in [5.74, 6) is -0.138. The monoisotopic (exact) mass is 455 g/mol. The smallest absolute Gasteiger partial charge is 0.324 e. The summed E-state index contributed by atoms with van der Waals surface area (Å²) in [6.45, 7) is 2.72. The molecule has 0 radical (unpaired) electrons. The second-order valence-corrected chi connectivity index (χ2v) is 10.4. The molecule has 1 N–H and O–H groups in total. The summed E-state index contributed by atoms with van der Waals surface area (Å²) < 4.78 is 46.4. The van der Waals surface area contributed by atoms with Crippen molar-refractivity contribution in [2.75, 3.05) is 32.5 Å². The molecule has 31 heavy (non-hydrogen) atoms. The van der Waals surface area contributed by atoms with E-state index in [1.165, 1.54) is 22.3 Å². The lowest BCUT2D eigenvalue weighted by atomic mass is 10.1. The van der Waals surface area contributed by atoms with Gasteiger partial charge in [0.25, 0.3) is 0 Å². The Bertz CT molecular complexity index is 920. The fourth-order valence-corrected chi connectivity index (χ4v) is 4.87. The van der Waals surface area contributed by atoms with Crippen LogP contribution in [0, 0.1) is 11.7 Å². The highest BCUT2D eigenvalue weighted by Crippen LogP contribution is 2.32. The molecule has 10 heteroatoms. The normalized spacial score (nSPS) is 17.9. The number of benzene rings is 1. The topological polar surface area (TPSA) is 96.0 Å². The molecule has 1 saturated carbocycles. The number of rotatable bonds is 12. The van der Waals surface area contributed by atoms with E-state index in [-0.39, 0.29) is 24.0 Å². The average molecular weight is 456 g/mol. The molecule has 1 heterocycles. The van der Waals surface area contributed by atoms with E-state index in [2.05, 4.69) is 5.32 Å². The quantitative estimate of drug-likeness (QED) is 0.386. The van der Waals surface area contributed by atoms with E-state index in [4.69, 9.17) is 4.74 Å². The number of ether oxygens (including phenoxy) is 1. The Morgan fingerprint density at radius 3 is 2.65 bits per heavy atom. The minimum absolute atomic E-state index is 0.0226. The molecule has 2 fully saturated rings. The molecule has 1 atom stereocenters. The van der Waals surface area contributed by atoms with Gasteiger partial charge in [0.15, 0.2) is 11.6 Å². The number of imide groups is 1. The Balaban J connectivity index is 1.48. The van der Waals surface area contributed by atoms with Crippen LogP contribution in [0.5, 0.6) is 5.75 Å². The highest BCUT2D eigenvalue weighted by Gasteiger charge is 2.27. The zero-order valence-electron chi connectivity index (χ0n) is 18.0. The van der Waals surface area contributed by atoms with Gasteiger partial charge < -0.3 is 9.64 Å². The predicted molar refractivity (Wildman–Crippen MR) is 114 cm³/mol. The third kappa shape index (κ3) is 6.39. The van der Waals surface area contributed by atoms with Crippen LogP contribution in [0.1, 0.15) is 50.6 Å². The van der Waals surface area contributed by atoms with Gasteiger partial charge in [-0.2, -0.15) is 4.31 Å². The third-order valence-corrected chi connectivity index (χ3v) is 7.79. The zero-order chi connectivity index (χ0) is 22.6. The zero-order valence-corrected chi connectivity index (χ0v) is 18.8. The summed E-state index contributed by atoms with van der Waals surface area (Å²) in [6.07, 6.45) is 3.89. The molecule has 8 nitrogen and oxygen atoms in total. The molecule has 0 aromatic heterocycles. The highest BCUT2D eigenvalue weighted by atomic mass is 32.2. The van der Waals surface area contributed by atoms with Crippen molar-refractivity contribution in [3.8, 4) is 5.75 Å². The van der Waals surface area contributed by atoms with Crippen molar-refractivity contribution in [3.63, 3.8) is 0 Å². The number of carbonyl (C=O) groups is 2. The molecule has 3 rings (SSSR count). The Morgan fingerprint density at radius 1 is 1.26 bits per heavy atom. The van der Waals surface area contributed by atoms with Crippen LogP contribution in [-0.4, -0.2) is 62.1 Å². The molecule has 1 aliphatic heterocycles. The lowest BCUT2D eigenvalue weighted by Gasteiger charge is -2.25.